The molecule has 0 aliphatic heterocycles. The van der Waals surface area contributed by atoms with Gasteiger partial charge >= 0.3 is 6.18 Å². The van der Waals surface area contributed by atoms with E-state index in [1.165, 1.54) is 29.5 Å². The lowest BCUT2D eigenvalue weighted by Crippen LogP contribution is -2.35. The van der Waals surface area contributed by atoms with Crippen molar-refractivity contribution in [3.8, 4) is 5.75 Å². The smallest absolute Gasteiger partial charge is 0.419 e. The summed E-state index contributed by atoms with van der Waals surface area (Å²) in [6.45, 7) is 2.29. The number of carbonyl (C=O) groups is 1. The van der Waals surface area contributed by atoms with Gasteiger partial charge in [-0.1, -0.05) is 19.1 Å². The van der Waals surface area contributed by atoms with Crippen molar-refractivity contribution in [2.75, 3.05) is 13.1 Å². The van der Waals surface area contributed by atoms with E-state index < -0.39 is 23.8 Å². The fourth-order valence-corrected chi connectivity index (χ4v) is 3.00. The Labute approximate surface area is 165 Å². The maximum Gasteiger partial charge on any atom is 0.419 e. The molecule has 0 saturated heterocycles. The normalized spacial score (nSPS) is 12.2. The zero-order valence-electron chi connectivity index (χ0n) is 14.6. The van der Waals surface area contributed by atoms with Crippen molar-refractivity contribution in [3.63, 3.8) is 0 Å². The van der Waals surface area contributed by atoms with Gasteiger partial charge in [0.1, 0.15) is 17.5 Å². The second-order valence-electron chi connectivity index (χ2n) is 5.52. The van der Waals surface area contributed by atoms with E-state index in [1.54, 1.807) is 12.3 Å². The molecule has 1 heterocycles. The molecule has 1 atom stereocenters. The maximum absolute atomic E-state index is 13.0. The number of nitrogens with zero attached hydrogens (tertiary/aromatic N) is 1. The Balaban J connectivity index is 0.00000364. The molecular formula is C17H21ClF3N3O2S. The van der Waals surface area contributed by atoms with Crippen LogP contribution in [0.3, 0.4) is 0 Å². The van der Waals surface area contributed by atoms with Crippen molar-refractivity contribution < 1.29 is 22.7 Å². The highest BCUT2D eigenvalue weighted by Crippen LogP contribution is 2.36. The summed E-state index contributed by atoms with van der Waals surface area (Å²) >= 11 is 1.34. The van der Waals surface area contributed by atoms with Gasteiger partial charge in [-0.15, -0.1) is 23.7 Å². The first kappa shape index (κ1) is 23.2. The number of amides is 1. The van der Waals surface area contributed by atoms with Gasteiger partial charge in [-0.05, 0) is 25.1 Å². The first-order valence-corrected chi connectivity index (χ1v) is 8.98. The fraction of sp³-hybridized carbons (Fsp3) is 0.412. The van der Waals surface area contributed by atoms with E-state index in [-0.39, 0.29) is 30.4 Å². The molecule has 10 heteroatoms. The molecule has 2 rings (SSSR count). The molecule has 3 N–H and O–H groups in total. The van der Waals surface area contributed by atoms with Crippen molar-refractivity contribution in [2.45, 2.75) is 32.0 Å². The summed E-state index contributed by atoms with van der Waals surface area (Å²) in [7, 11) is 0. The van der Waals surface area contributed by atoms with E-state index >= 15 is 0 Å². The standard InChI is InChI=1S/C17H20F3N3O2S.ClH/c1-2-11(25-14-6-4-3-5-12(14)17(18,19)20)9-22-16(24)13-10-26-15(23-13)7-8-21;/h3-6,10-11H,2,7-9,21H2,1H3,(H,22,24);1H. The minimum Gasteiger partial charge on any atom is -0.488 e. The molecule has 0 bridgehead atoms. The summed E-state index contributed by atoms with van der Waals surface area (Å²) in [6.07, 6.45) is -4.07. The molecule has 2 aromatic rings. The van der Waals surface area contributed by atoms with E-state index in [1.807, 2.05) is 0 Å². The Morgan fingerprint density at radius 1 is 1.37 bits per heavy atom. The number of para-hydroxylation sites is 1. The second kappa shape index (κ2) is 10.5. The van der Waals surface area contributed by atoms with Gasteiger partial charge in [-0.25, -0.2) is 4.98 Å². The lowest BCUT2D eigenvalue weighted by atomic mass is 10.2. The Hall–Kier alpha value is -1.84. The molecule has 0 fully saturated rings. The molecule has 150 valence electrons. The molecule has 0 saturated carbocycles. The van der Waals surface area contributed by atoms with Crippen LogP contribution in [0.4, 0.5) is 13.2 Å². The fourth-order valence-electron chi connectivity index (χ4n) is 2.20. The number of hydrogen-bond acceptors (Lipinski definition) is 5. The summed E-state index contributed by atoms with van der Waals surface area (Å²) in [5, 5.41) is 5.04. The number of nitrogens with two attached hydrogens (primary N) is 1. The average Bonchev–Trinajstić information content (AvgIpc) is 3.07. The molecule has 27 heavy (non-hydrogen) atoms. The number of alkyl halides is 3. The molecule has 5 nitrogen and oxygen atoms in total. The summed E-state index contributed by atoms with van der Waals surface area (Å²) in [5.41, 5.74) is 4.88. The van der Waals surface area contributed by atoms with Crippen LogP contribution in [0.15, 0.2) is 29.6 Å². The predicted molar refractivity (Wildman–Crippen MR) is 101 cm³/mol. The average molecular weight is 424 g/mol. The lowest BCUT2D eigenvalue weighted by Gasteiger charge is -2.21. The number of benzene rings is 1. The number of carbonyl (C=O) groups excluding carboxylic acids is 1. The van der Waals surface area contributed by atoms with Crippen LogP contribution < -0.4 is 15.8 Å². The van der Waals surface area contributed by atoms with Gasteiger partial charge in [0.05, 0.1) is 17.1 Å². The first-order valence-electron chi connectivity index (χ1n) is 8.10. The molecule has 0 radical (unpaired) electrons. The highest BCUT2D eigenvalue weighted by Gasteiger charge is 2.34. The molecule has 1 aromatic carbocycles. The van der Waals surface area contributed by atoms with E-state index in [2.05, 4.69) is 10.3 Å². The van der Waals surface area contributed by atoms with Crippen molar-refractivity contribution in [3.05, 3.63) is 45.9 Å². The number of hydrogen-bond donors (Lipinski definition) is 2. The predicted octanol–water partition coefficient (Wildman–Crippen LogP) is 3.67. The SMILES string of the molecule is CCC(CNC(=O)c1csc(CCN)n1)Oc1ccccc1C(F)(F)F.Cl. The van der Waals surface area contributed by atoms with Crippen LogP contribution in [0.2, 0.25) is 0 Å². The van der Waals surface area contributed by atoms with Gasteiger partial charge in [0, 0.05) is 11.8 Å². The largest absolute Gasteiger partial charge is 0.488 e. The number of thiazole rings is 1. The summed E-state index contributed by atoms with van der Waals surface area (Å²) < 4.78 is 44.6. The van der Waals surface area contributed by atoms with E-state index in [4.69, 9.17) is 10.5 Å². The van der Waals surface area contributed by atoms with Gasteiger partial charge in [0.2, 0.25) is 0 Å². The van der Waals surface area contributed by atoms with E-state index in [0.717, 1.165) is 11.1 Å². The van der Waals surface area contributed by atoms with E-state index in [0.29, 0.717) is 19.4 Å². The Morgan fingerprint density at radius 2 is 2.07 bits per heavy atom. The highest BCUT2D eigenvalue weighted by atomic mass is 35.5. The van der Waals surface area contributed by atoms with Gasteiger partial charge in [0.15, 0.2) is 0 Å². The van der Waals surface area contributed by atoms with Crippen molar-refractivity contribution in [1.29, 1.82) is 0 Å². The molecule has 1 unspecified atom stereocenters. The van der Waals surface area contributed by atoms with Gasteiger partial charge in [-0.3, -0.25) is 4.79 Å². The molecule has 0 aliphatic rings. The second-order valence-corrected chi connectivity index (χ2v) is 6.46. The van der Waals surface area contributed by atoms with Crippen LogP contribution in [0, 0.1) is 0 Å². The summed E-state index contributed by atoms with van der Waals surface area (Å²) in [4.78, 5) is 16.3. The van der Waals surface area contributed by atoms with Crippen molar-refractivity contribution in [1.82, 2.24) is 10.3 Å². The van der Waals surface area contributed by atoms with Gasteiger partial charge < -0.3 is 15.8 Å². The summed E-state index contributed by atoms with van der Waals surface area (Å²) in [6, 6.07) is 5.02. The van der Waals surface area contributed by atoms with Crippen LogP contribution in [0.5, 0.6) is 5.75 Å². The number of ether oxygens (including phenoxy) is 1. The third-order valence-electron chi connectivity index (χ3n) is 3.57. The van der Waals surface area contributed by atoms with Gasteiger partial charge in [-0.2, -0.15) is 13.2 Å². The minimum absolute atomic E-state index is 0. The molecule has 0 spiro atoms. The lowest BCUT2D eigenvalue weighted by molar-refractivity contribution is -0.139. The van der Waals surface area contributed by atoms with Crippen LogP contribution >= 0.6 is 23.7 Å². The highest BCUT2D eigenvalue weighted by molar-refractivity contribution is 7.09. The van der Waals surface area contributed by atoms with Crippen LogP contribution in [-0.4, -0.2) is 30.1 Å². The quantitative estimate of drug-likeness (QED) is 0.679. The minimum atomic E-state index is -4.50. The molecular weight excluding hydrogens is 403 g/mol. The van der Waals surface area contributed by atoms with Crippen molar-refractivity contribution in [2.24, 2.45) is 5.73 Å². The first-order chi connectivity index (χ1) is 12.3. The Kier molecular flexibility index (Phi) is 9.01. The number of aromatic nitrogens is 1. The zero-order chi connectivity index (χ0) is 19.2. The maximum atomic E-state index is 13.0. The Morgan fingerprint density at radius 3 is 2.70 bits per heavy atom. The van der Waals surface area contributed by atoms with E-state index in [9.17, 15) is 18.0 Å². The monoisotopic (exact) mass is 423 g/mol. The number of rotatable bonds is 8. The molecule has 1 amide bonds. The van der Waals surface area contributed by atoms with Crippen LogP contribution in [-0.2, 0) is 12.6 Å². The van der Waals surface area contributed by atoms with Crippen LogP contribution in [0.25, 0.3) is 0 Å². The number of nitrogens with one attached hydrogen (secondary N) is 1. The Bertz CT molecular complexity index is 740. The topological polar surface area (TPSA) is 77.2 Å². The third kappa shape index (κ3) is 6.67. The number of halogens is 4. The summed E-state index contributed by atoms with van der Waals surface area (Å²) in [5.74, 6) is -0.643. The van der Waals surface area contributed by atoms with Gasteiger partial charge in [0.25, 0.3) is 5.91 Å². The molecule has 0 aliphatic carbocycles. The van der Waals surface area contributed by atoms with Crippen LogP contribution in [0.1, 0.15) is 34.4 Å². The molecule has 1 aromatic heterocycles. The van der Waals surface area contributed by atoms with Crippen molar-refractivity contribution >= 4 is 29.7 Å². The third-order valence-corrected chi connectivity index (χ3v) is 4.48. The zero-order valence-corrected chi connectivity index (χ0v) is 16.2.